The monoisotopic (exact) mass is 302 g/mol. The van der Waals surface area contributed by atoms with E-state index in [9.17, 15) is 4.39 Å². The minimum atomic E-state index is -0.246. The van der Waals surface area contributed by atoms with E-state index in [1.54, 1.807) is 6.20 Å². The summed E-state index contributed by atoms with van der Waals surface area (Å²) in [5.74, 6) is 1.51. The molecule has 2 heterocycles. The van der Waals surface area contributed by atoms with Gasteiger partial charge in [0.05, 0.1) is 5.52 Å². The van der Waals surface area contributed by atoms with E-state index in [1.165, 1.54) is 23.9 Å². The number of aromatic nitrogens is 4. The summed E-state index contributed by atoms with van der Waals surface area (Å²) in [4.78, 5) is 8.75. The molecule has 0 spiro atoms. The highest BCUT2D eigenvalue weighted by atomic mass is 32.2. The lowest BCUT2D eigenvalue weighted by atomic mass is 10.1. The normalized spacial score (nSPS) is 11.4. The maximum absolute atomic E-state index is 13.7. The summed E-state index contributed by atoms with van der Waals surface area (Å²) in [7, 11) is 0. The van der Waals surface area contributed by atoms with Crippen molar-refractivity contribution >= 4 is 22.7 Å². The lowest BCUT2D eigenvalue weighted by Gasteiger charge is -2.04. The standard InChI is InChI=1S/C15H15FN4S/c1-9(2)14-18-15(20-19-14)21-8-11-7-12(16)6-10-4-3-5-17-13(10)11/h3-7,9H,8H2,1-2H3,(H,18,19,20). The molecule has 0 bridgehead atoms. The molecule has 1 aromatic carbocycles. The Hall–Kier alpha value is -1.95. The van der Waals surface area contributed by atoms with Crippen molar-refractivity contribution < 1.29 is 4.39 Å². The molecule has 3 aromatic rings. The van der Waals surface area contributed by atoms with Gasteiger partial charge < -0.3 is 0 Å². The average molecular weight is 302 g/mol. The molecular formula is C15H15FN4S. The highest BCUT2D eigenvalue weighted by Crippen LogP contribution is 2.26. The Labute approximate surface area is 126 Å². The lowest BCUT2D eigenvalue weighted by Crippen LogP contribution is -1.91. The molecule has 4 nitrogen and oxygen atoms in total. The number of benzene rings is 1. The number of halogens is 1. The van der Waals surface area contributed by atoms with Crippen LogP contribution in [-0.4, -0.2) is 20.2 Å². The molecule has 0 atom stereocenters. The van der Waals surface area contributed by atoms with E-state index in [2.05, 4.69) is 34.0 Å². The van der Waals surface area contributed by atoms with Crippen molar-refractivity contribution in [3.05, 3.63) is 47.7 Å². The van der Waals surface area contributed by atoms with Crippen molar-refractivity contribution in [3.63, 3.8) is 0 Å². The minimum Gasteiger partial charge on any atom is -0.262 e. The Morgan fingerprint density at radius 1 is 1.33 bits per heavy atom. The molecular weight excluding hydrogens is 287 g/mol. The Morgan fingerprint density at radius 2 is 2.19 bits per heavy atom. The largest absolute Gasteiger partial charge is 0.262 e. The van der Waals surface area contributed by atoms with Gasteiger partial charge in [-0.3, -0.25) is 10.1 Å². The van der Waals surface area contributed by atoms with Crippen molar-refractivity contribution in [1.29, 1.82) is 0 Å². The van der Waals surface area contributed by atoms with Crippen LogP contribution in [0.4, 0.5) is 4.39 Å². The van der Waals surface area contributed by atoms with E-state index in [1.807, 2.05) is 12.1 Å². The number of hydrogen-bond donors (Lipinski definition) is 1. The van der Waals surface area contributed by atoms with E-state index in [4.69, 9.17) is 0 Å². The Bertz CT molecular complexity index is 769. The number of thioether (sulfide) groups is 1. The molecule has 0 radical (unpaired) electrons. The van der Waals surface area contributed by atoms with Gasteiger partial charge in [-0.25, -0.2) is 9.37 Å². The molecule has 0 saturated heterocycles. The van der Waals surface area contributed by atoms with E-state index in [-0.39, 0.29) is 5.82 Å². The molecule has 0 amide bonds. The first-order valence-corrected chi connectivity index (χ1v) is 7.70. The molecule has 3 rings (SSSR count). The number of pyridine rings is 1. The van der Waals surface area contributed by atoms with E-state index < -0.39 is 0 Å². The Morgan fingerprint density at radius 3 is 2.95 bits per heavy atom. The van der Waals surface area contributed by atoms with Gasteiger partial charge in [-0.1, -0.05) is 31.7 Å². The van der Waals surface area contributed by atoms with Crippen LogP contribution in [0.2, 0.25) is 0 Å². The third-order valence-electron chi connectivity index (χ3n) is 3.13. The van der Waals surface area contributed by atoms with E-state index >= 15 is 0 Å². The van der Waals surface area contributed by atoms with Gasteiger partial charge in [-0.2, -0.15) is 0 Å². The fourth-order valence-electron chi connectivity index (χ4n) is 2.06. The maximum atomic E-state index is 13.7. The third-order valence-corrected chi connectivity index (χ3v) is 4.03. The van der Waals surface area contributed by atoms with Gasteiger partial charge in [-0.15, -0.1) is 5.10 Å². The molecule has 0 unspecified atom stereocenters. The first-order chi connectivity index (χ1) is 10.1. The second kappa shape index (κ2) is 5.81. The highest BCUT2D eigenvalue weighted by Gasteiger charge is 2.10. The van der Waals surface area contributed by atoms with E-state index in [0.29, 0.717) is 16.8 Å². The molecule has 0 aliphatic heterocycles. The van der Waals surface area contributed by atoms with Crippen molar-refractivity contribution in [2.24, 2.45) is 0 Å². The minimum absolute atomic E-state index is 0.246. The van der Waals surface area contributed by atoms with Crippen molar-refractivity contribution in [1.82, 2.24) is 20.2 Å². The molecule has 1 N–H and O–H groups in total. The number of fused-ring (bicyclic) bond motifs is 1. The summed E-state index contributed by atoms with van der Waals surface area (Å²) in [6.45, 7) is 4.11. The predicted molar refractivity (Wildman–Crippen MR) is 81.7 cm³/mol. The van der Waals surface area contributed by atoms with Crippen molar-refractivity contribution in [2.45, 2.75) is 30.7 Å². The zero-order valence-electron chi connectivity index (χ0n) is 11.8. The number of nitrogens with one attached hydrogen (secondary N) is 1. The van der Waals surface area contributed by atoms with Crippen LogP contribution in [0.15, 0.2) is 35.6 Å². The first-order valence-electron chi connectivity index (χ1n) is 6.71. The third kappa shape index (κ3) is 3.05. The van der Waals surface area contributed by atoms with Crippen LogP contribution in [0.3, 0.4) is 0 Å². The van der Waals surface area contributed by atoms with Crippen LogP contribution in [0.5, 0.6) is 0 Å². The van der Waals surface area contributed by atoms with Crippen LogP contribution in [-0.2, 0) is 5.75 Å². The first kappa shape index (κ1) is 14.0. The quantitative estimate of drug-likeness (QED) is 0.742. The van der Waals surface area contributed by atoms with Crippen LogP contribution >= 0.6 is 11.8 Å². The fourth-order valence-corrected chi connectivity index (χ4v) is 2.84. The number of nitrogens with zero attached hydrogens (tertiary/aromatic N) is 3. The van der Waals surface area contributed by atoms with Crippen LogP contribution < -0.4 is 0 Å². The second-order valence-corrected chi connectivity index (χ2v) is 6.03. The van der Waals surface area contributed by atoms with Gasteiger partial charge in [-0.05, 0) is 23.8 Å². The van der Waals surface area contributed by atoms with Gasteiger partial charge in [0.1, 0.15) is 11.6 Å². The number of rotatable bonds is 4. The summed E-state index contributed by atoms with van der Waals surface area (Å²) in [5.41, 5.74) is 1.68. The average Bonchev–Trinajstić information content (AvgIpc) is 2.93. The zero-order valence-corrected chi connectivity index (χ0v) is 12.6. The fraction of sp³-hybridized carbons (Fsp3) is 0.267. The van der Waals surface area contributed by atoms with Crippen molar-refractivity contribution in [3.8, 4) is 0 Å². The second-order valence-electron chi connectivity index (χ2n) is 5.09. The van der Waals surface area contributed by atoms with Gasteiger partial charge in [0.2, 0.25) is 5.16 Å². The van der Waals surface area contributed by atoms with Gasteiger partial charge in [0, 0.05) is 23.3 Å². The SMILES string of the molecule is CC(C)c1nc(SCc2cc(F)cc3cccnc23)n[nH]1. The summed E-state index contributed by atoms with van der Waals surface area (Å²) in [6.07, 6.45) is 1.72. The summed E-state index contributed by atoms with van der Waals surface area (Å²) in [6, 6.07) is 6.70. The smallest absolute Gasteiger partial charge is 0.208 e. The molecule has 0 aliphatic carbocycles. The molecule has 2 aromatic heterocycles. The number of H-pyrrole nitrogens is 1. The molecule has 0 saturated carbocycles. The predicted octanol–water partition coefficient (Wildman–Crippen LogP) is 3.91. The summed E-state index contributed by atoms with van der Waals surface area (Å²) < 4.78 is 13.7. The molecule has 0 aliphatic rings. The van der Waals surface area contributed by atoms with Crippen LogP contribution in [0.1, 0.15) is 31.2 Å². The number of aromatic amines is 1. The summed E-state index contributed by atoms with van der Waals surface area (Å²) in [5, 5.41) is 8.57. The van der Waals surface area contributed by atoms with Gasteiger partial charge in [0.25, 0.3) is 0 Å². The Balaban J connectivity index is 1.84. The topological polar surface area (TPSA) is 54.5 Å². The maximum Gasteiger partial charge on any atom is 0.208 e. The molecule has 6 heteroatoms. The number of hydrogen-bond acceptors (Lipinski definition) is 4. The van der Waals surface area contributed by atoms with Crippen LogP contribution in [0, 0.1) is 5.82 Å². The molecule has 108 valence electrons. The Kier molecular flexibility index (Phi) is 3.88. The van der Waals surface area contributed by atoms with Gasteiger partial charge >= 0.3 is 0 Å². The van der Waals surface area contributed by atoms with Gasteiger partial charge in [0.15, 0.2) is 0 Å². The van der Waals surface area contributed by atoms with E-state index in [0.717, 1.165) is 22.3 Å². The highest BCUT2D eigenvalue weighted by molar-refractivity contribution is 7.98. The summed E-state index contributed by atoms with van der Waals surface area (Å²) >= 11 is 1.48. The van der Waals surface area contributed by atoms with Crippen LogP contribution in [0.25, 0.3) is 10.9 Å². The van der Waals surface area contributed by atoms with Crippen molar-refractivity contribution in [2.75, 3.05) is 0 Å². The zero-order chi connectivity index (χ0) is 14.8. The lowest BCUT2D eigenvalue weighted by molar-refractivity contribution is 0.628. The molecule has 0 fully saturated rings. The molecule has 21 heavy (non-hydrogen) atoms.